The van der Waals surface area contributed by atoms with Gasteiger partial charge in [0.15, 0.2) is 0 Å². The predicted molar refractivity (Wildman–Crippen MR) is 83.2 cm³/mol. The Morgan fingerprint density at radius 2 is 2.00 bits per heavy atom. The number of nitrogens with zero attached hydrogens (tertiary/aromatic N) is 1. The molecule has 0 amide bonds. The van der Waals surface area contributed by atoms with Gasteiger partial charge < -0.3 is 10.1 Å². The number of nitrogens with one attached hydrogen (secondary N) is 1. The number of hydrogen-bond donors (Lipinski definition) is 1. The molecule has 0 bridgehead atoms. The lowest BCUT2D eigenvalue weighted by Gasteiger charge is -2.33. The molecular weight excluding hydrogens is 268 g/mol. The van der Waals surface area contributed by atoms with Crippen molar-refractivity contribution < 1.29 is 4.74 Å². The maximum Gasteiger partial charge on any atom is 0.116 e. The molecule has 112 valence electrons. The maximum atomic E-state index is 5.59. The Labute approximate surface area is 126 Å². The molecule has 3 nitrogen and oxygen atoms in total. The van der Waals surface area contributed by atoms with Crippen LogP contribution in [0.4, 0.5) is 0 Å². The first kappa shape index (κ1) is 14.5. The lowest BCUT2D eigenvalue weighted by molar-refractivity contribution is 0.0907. The summed E-state index contributed by atoms with van der Waals surface area (Å²) < 4.78 is 5.59. The highest BCUT2D eigenvalue weighted by Gasteiger charge is 2.51. The summed E-state index contributed by atoms with van der Waals surface area (Å²) in [7, 11) is 1.81. The molecule has 0 aromatic carbocycles. The molecule has 2 saturated carbocycles. The number of thiazole rings is 1. The van der Waals surface area contributed by atoms with E-state index in [1.165, 1.54) is 36.4 Å². The molecule has 2 aliphatic carbocycles. The molecule has 3 rings (SSSR count). The summed E-state index contributed by atoms with van der Waals surface area (Å²) in [5.74, 6) is 0.696. The van der Waals surface area contributed by atoms with Gasteiger partial charge in [-0.15, -0.1) is 11.3 Å². The molecule has 1 atom stereocenters. The average Bonchev–Trinajstić information content (AvgIpc) is 3.27. The first-order chi connectivity index (χ1) is 9.45. The fourth-order valence-corrected chi connectivity index (χ4v) is 4.07. The minimum absolute atomic E-state index is 0.0376. The van der Waals surface area contributed by atoms with Gasteiger partial charge in [0.05, 0.1) is 17.8 Å². The fraction of sp³-hybridized carbons (Fsp3) is 0.812. The van der Waals surface area contributed by atoms with Gasteiger partial charge in [-0.3, -0.25) is 0 Å². The van der Waals surface area contributed by atoms with E-state index in [1.54, 1.807) is 0 Å². The lowest BCUT2D eigenvalue weighted by atomic mass is 9.92. The first-order valence-corrected chi connectivity index (χ1v) is 8.57. The maximum absolute atomic E-state index is 5.59. The van der Waals surface area contributed by atoms with Gasteiger partial charge in [-0.2, -0.15) is 0 Å². The van der Waals surface area contributed by atoms with Gasteiger partial charge in [-0.05, 0) is 31.6 Å². The Balaban J connectivity index is 1.92. The van der Waals surface area contributed by atoms with Crippen molar-refractivity contribution in [3.8, 4) is 0 Å². The van der Waals surface area contributed by atoms with Gasteiger partial charge >= 0.3 is 0 Å². The molecular formula is C16H26N2OS. The monoisotopic (exact) mass is 294 g/mol. The number of hydrogen-bond acceptors (Lipinski definition) is 4. The molecule has 0 spiro atoms. The fourth-order valence-electron chi connectivity index (χ4n) is 2.79. The van der Waals surface area contributed by atoms with Crippen LogP contribution < -0.4 is 5.32 Å². The van der Waals surface area contributed by atoms with Crippen molar-refractivity contribution >= 4 is 11.3 Å². The van der Waals surface area contributed by atoms with Crippen LogP contribution >= 0.6 is 11.3 Å². The summed E-state index contributed by atoms with van der Waals surface area (Å²) >= 11 is 1.81. The Kier molecular flexibility index (Phi) is 3.68. The Bertz CT molecular complexity index is 471. The minimum atomic E-state index is -0.0376. The van der Waals surface area contributed by atoms with Crippen molar-refractivity contribution in [2.24, 2.45) is 5.92 Å². The average molecular weight is 294 g/mol. The van der Waals surface area contributed by atoms with Crippen LogP contribution in [0.15, 0.2) is 5.38 Å². The summed E-state index contributed by atoms with van der Waals surface area (Å²) in [6, 6.07) is 0.674. The van der Waals surface area contributed by atoms with E-state index in [0.717, 1.165) is 6.61 Å². The summed E-state index contributed by atoms with van der Waals surface area (Å²) in [4.78, 5) is 4.99. The molecule has 0 aliphatic heterocycles. The summed E-state index contributed by atoms with van der Waals surface area (Å²) in [6.45, 7) is 7.44. The standard InChI is InChI=1S/C16H26N2OS/c1-15(2,3)13-9-20-14(17-13)16(10-19-4,11-5-6-11)18-12-7-8-12/h9,11-12,18H,5-8,10H2,1-4H3. The van der Waals surface area contributed by atoms with E-state index >= 15 is 0 Å². The number of methoxy groups -OCH3 is 1. The van der Waals surface area contributed by atoms with Gasteiger partial charge in [0.2, 0.25) is 0 Å². The van der Waals surface area contributed by atoms with Gasteiger partial charge in [-0.1, -0.05) is 20.8 Å². The third-order valence-corrected chi connectivity index (χ3v) is 5.36. The van der Waals surface area contributed by atoms with Crippen LogP contribution in [0.2, 0.25) is 0 Å². The highest BCUT2D eigenvalue weighted by molar-refractivity contribution is 7.09. The SMILES string of the molecule is COCC(NC1CC1)(c1nc(C(C)(C)C)cs1)C1CC1. The number of ether oxygens (including phenoxy) is 1. The molecule has 1 aromatic rings. The molecule has 1 N–H and O–H groups in total. The predicted octanol–water partition coefficient (Wildman–Crippen LogP) is 3.44. The van der Waals surface area contributed by atoms with Crippen LogP contribution in [0.3, 0.4) is 0 Å². The first-order valence-electron chi connectivity index (χ1n) is 7.69. The van der Waals surface area contributed by atoms with E-state index in [-0.39, 0.29) is 11.0 Å². The van der Waals surface area contributed by atoms with Gasteiger partial charge in [-0.25, -0.2) is 4.98 Å². The smallest absolute Gasteiger partial charge is 0.116 e. The van der Waals surface area contributed by atoms with Crippen LogP contribution in [-0.4, -0.2) is 24.7 Å². The number of rotatable bonds is 6. The number of aromatic nitrogens is 1. The second-order valence-electron chi connectivity index (χ2n) is 7.39. The molecule has 0 saturated heterocycles. The molecule has 4 heteroatoms. The Morgan fingerprint density at radius 3 is 2.45 bits per heavy atom. The topological polar surface area (TPSA) is 34.1 Å². The van der Waals surface area contributed by atoms with Crippen LogP contribution in [0.1, 0.15) is 57.2 Å². The summed E-state index contributed by atoms with van der Waals surface area (Å²) in [6.07, 6.45) is 5.20. The molecule has 1 unspecified atom stereocenters. The zero-order valence-electron chi connectivity index (χ0n) is 13.0. The van der Waals surface area contributed by atoms with Crippen LogP contribution in [0.5, 0.6) is 0 Å². The lowest BCUT2D eigenvalue weighted by Crippen LogP contribution is -2.49. The molecule has 1 heterocycles. The van der Waals surface area contributed by atoms with E-state index in [0.29, 0.717) is 12.0 Å². The van der Waals surface area contributed by atoms with Crippen molar-refractivity contribution in [2.45, 2.75) is 63.5 Å². The van der Waals surface area contributed by atoms with Crippen molar-refractivity contribution in [3.63, 3.8) is 0 Å². The summed E-state index contributed by atoms with van der Waals surface area (Å²) in [5, 5.41) is 7.34. The Hall–Kier alpha value is -0.450. The zero-order valence-corrected chi connectivity index (χ0v) is 13.8. The zero-order chi connectivity index (χ0) is 14.4. The van der Waals surface area contributed by atoms with Crippen molar-refractivity contribution in [1.29, 1.82) is 0 Å². The van der Waals surface area contributed by atoms with Gasteiger partial charge in [0, 0.05) is 23.9 Å². The summed E-state index contributed by atoms with van der Waals surface area (Å²) in [5.41, 5.74) is 1.29. The van der Waals surface area contributed by atoms with E-state index < -0.39 is 0 Å². The highest BCUT2D eigenvalue weighted by Crippen LogP contribution is 2.48. The van der Waals surface area contributed by atoms with E-state index in [2.05, 4.69) is 31.5 Å². The van der Waals surface area contributed by atoms with Crippen LogP contribution in [0.25, 0.3) is 0 Å². The quantitative estimate of drug-likeness (QED) is 0.872. The molecule has 2 aliphatic rings. The molecule has 0 radical (unpaired) electrons. The van der Waals surface area contributed by atoms with Gasteiger partial charge in [0.1, 0.15) is 5.01 Å². The highest BCUT2D eigenvalue weighted by atomic mass is 32.1. The third kappa shape index (κ3) is 2.78. The van der Waals surface area contributed by atoms with Crippen molar-refractivity contribution in [2.75, 3.05) is 13.7 Å². The normalized spacial score (nSPS) is 22.8. The van der Waals surface area contributed by atoms with E-state index in [4.69, 9.17) is 9.72 Å². The molecule has 20 heavy (non-hydrogen) atoms. The van der Waals surface area contributed by atoms with E-state index in [9.17, 15) is 0 Å². The largest absolute Gasteiger partial charge is 0.382 e. The van der Waals surface area contributed by atoms with E-state index in [1.807, 2.05) is 18.4 Å². The van der Waals surface area contributed by atoms with Crippen molar-refractivity contribution in [3.05, 3.63) is 16.1 Å². The second kappa shape index (κ2) is 5.08. The Morgan fingerprint density at radius 1 is 1.30 bits per heavy atom. The van der Waals surface area contributed by atoms with Crippen LogP contribution in [0, 0.1) is 5.92 Å². The van der Waals surface area contributed by atoms with Crippen molar-refractivity contribution in [1.82, 2.24) is 10.3 Å². The van der Waals surface area contributed by atoms with Crippen LogP contribution in [-0.2, 0) is 15.7 Å². The molecule has 2 fully saturated rings. The molecule has 1 aromatic heterocycles. The third-order valence-electron chi connectivity index (χ3n) is 4.34. The second-order valence-corrected chi connectivity index (χ2v) is 8.24. The van der Waals surface area contributed by atoms with Gasteiger partial charge in [0.25, 0.3) is 0 Å². The minimum Gasteiger partial charge on any atom is -0.382 e.